The number of aromatic nitrogens is 4. The van der Waals surface area contributed by atoms with Crippen LogP contribution in [-0.4, -0.2) is 60.2 Å². The van der Waals surface area contributed by atoms with Crippen LogP contribution in [0.2, 0.25) is 0 Å². The van der Waals surface area contributed by atoms with Gasteiger partial charge >= 0.3 is 0 Å². The Labute approximate surface area is 126 Å². The van der Waals surface area contributed by atoms with Crippen LogP contribution in [0.15, 0.2) is 11.1 Å². The number of nitrogen functional groups attached to an aromatic ring is 1. The lowest BCUT2D eigenvalue weighted by atomic mass is 10.1. The normalized spacial score (nSPS) is 27.8. The first-order valence-corrected chi connectivity index (χ1v) is 6.35. The summed E-state index contributed by atoms with van der Waals surface area (Å²) in [6.45, 7) is -0.371. The first-order chi connectivity index (χ1) is 11.1. The van der Waals surface area contributed by atoms with Gasteiger partial charge in [-0.05, 0) is 0 Å². The number of anilines is 1. The van der Waals surface area contributed by atoms with Gasteiger partial charge in [-0.3, -0.25) is 30.1 Å². The van der Waals surface area contributed by atoms with E-state index in [1.807, 2.05) is 0 Å². The number of imidazole rings is 1. The zero-order valence-electron chi connectivity index (χ0n) is 11.4. The summed E-state index contributed by atoms with van der Waals surface area (Å²) >= 11 is 0. The molecule has 0 radical (unpaired) electrons. The number of hydrogen-bond acceptors (Lipinski definition) is 11. The molecule has 2 unspecified atom stereocenters. The molecule has 1 saturated heterocycles. The quantitative estimate of drug-likeness (QED) is 0.327. The molecule has 4 atom stereocenters. The molecule has 3 heterocycles. The van der Waals surface area contributed by atoms with Crippen LogP contribution in [0.4, 0.5) is 5.95 Å². The van der Waals surface area contributed by atoms with E-state index in [2.05, 4.69) is 29.6 Å². The second-order valence-electron chi connectivity index (χ2n) is 4.78. The minimum Gasteiger partial charge on any atom is -0.369 e. The average molecular weight is 331 g/mol. The zero-order valence-corrected chi connectivity index (χ0v) is 11.4. The molecule has 0 bridgehead atoms. The van der Waals surface area contributed by atoms with Crippen LogP contribution in [0.5, 0.6) is 0 Å². The third-order valence-electron chi connectivity index (χ3n) is 3.49. The standard InChI is InChI=1S/C10H13N5O8/c11-10-13-7-4(8(16)14-10)12-2-15(7)9-6(23-19)5(22-18)3(21-9)1-20-17/h2-3,5-6,9,17-19H,1H2,(H3,11,13,14,16)/t3-,5?,6?,9-/m1/s1. The van der Waals surface area contributed by atoms with Gasteiger partial charge in [-0.15, -0.1) is 0 Å². The summed E-state index contributed by atoms with van der Waals surface area (Å²) in [6, 6.07) is 0. The molecule has 6 N–H and O–H groups in total. The molecule has 1 aliphatic heterocycles. The summed E-state index contributed by atoms with van der Waals surface area (Å²) < 4.78 is 6.79. The summed E-state index contributed by atoms with van der Waals surface area (Å²) in [5.74, 6) is -0.145. The van der Waals surface area contributed by atoms with Crippen molar-refractivity contribution in [2.75, 3.05) is 12.3 Å². The first-order valence-electron chi connectivity index (χ1n) is 6.35. The van der Waals surface area contributed by atoms with Gasteiger partial charge in [0.2, 0.25) is 5.95 Å². The van der Waals surface area contributed by atoms with E-state index in [1.54, 1.807) is 0 Å². The van der Waals surface area contributed by atoms with E-state index in [0.717, 1.165) is 0 Å². The highest BCUT2D eigenvalue weighted by atomic mass is 17.1. The molecular weight excluding hydrogens is 318 g/mol. The molecule has 13 nitrogen and oxygen atoms in total. The monoisotopic (exact) mass is 331 g/mol. The smallest absolute Gasteiger partial charge is 0.280 e. The number of H-pyrrole nitrogens is 1. The molecule has 2 aromatic heterocycles. The minimum atomic E-state index is -1.22. The third kappa shape index (κ3) is 2.55. The Bertz CT molecular complexity index is 746. The van der Waals surface area contributed by atoms with Crippen molar-refractivity contribution in [3.05, 3.63) is 16.7 Å². The van der Waals surface area contributed by atoms with Gasteiger partial charge in [0.15, 0.2) is 29.6 Å². The minimum absolute atomic E-state index is 0.0113. The van der Waals surface area contributed by atoms with Crippen molar-refractivity contribution in [1.29, 1.82) is 0 Å². The molecule has 0 spiro atoms. The average Bonchev–Trinajstić information content (AvgIpc) is 3.08. The Morgan fingerprint density at radius 1 is 1.35 bits per heavy atom. The van der Waals surface area contributed by atoms with E-state index in [1.165, 1.54) is 10.9 Å². The maximum absolute atomic E-state index is 11.8. The molecular formula is C10H13N5O8. The third-order valence-corrected chi connectivity index (χ3v) is 3.49. The molecule has 0 aliphatic carbocycles. The molecule has 23 heavy (non-hydrogen) atoms. The second kappa shape index (κ2) is 6.17. The van der Waals surface area contributed by atoms with E-state index in [4.69, 9.17) is 26.2 Å². The van der Waals surface area contributed by atoms with E-state index < -0.39 is 30.1 Å². The van der Waals surface area contributed by atoms with Crippen molar-refractivity contribution >= 4 is 17.1 Å². The van der Waals surface area contributed by atoms with Crippen molar-refractivity contribution in [2.24, 2.45) is 0 Å². The fraction of sp³-hybridized carbons (Fsp3) is 0.500. The molecule has 0 aromatic carbocycles. The second-order valence-corrected chi connectivity index (χ2v) is 4.78. The maximum Gasteiger partial charge on any atom is 0.280 e. The molecule has 3 rings (SSSR count). The molecule has 13 heteroatoms. The van der Waals surface area contributed by atoms with Gasteiger partial charge in [0.1, 0.15) is 12.7 Å². The van der Waals surface area contributed by atoms with Gasteiger partial charge in [-0.1, -0.05) is 0 Å². The summed E-state index contributed by atoms with van der Waals surface area (Å²) in [6.07, 6.45) is -3.26. The van der Waals surface area contributed by atoms with Gasteiger partial charge in [0, 0.05) is 0 Å². The SMILES string of the molecule is Nc1nc2c(ncn2[C@@H]2O[C@H](COO)C(OO)C2OO)c(=O)[nH]1. The van der Waals surface area contributed by atoms with Gasteiger partial charge in [-0.2, -0.15) is 4.98 Å². The number of nitrogens with one attached hydrogen (secondary N) is 1. The zero-order chi connectivity index (χ0) is 16.6. The lowest BCUT2D eigenvalue weighted by Gasteiger charge is -2.18. The van der Waals surface area contributed by atoms with Crippen molar-refractivity contribution < 1.29 is 35.2 Å². The number of fused-ring (bicyclic) bond motifs is 1. The van der Waals surface area contributed by atoms with E-state index in [-0.39, 0.29) is 23.7 Å². The number of aromatic amines is 1. The van der Waals surface area contributed by atoms with Crippen molar-refractivity contribution in [2.45, 2.75) is 24.5 Å². The lowest BCUT2D eigenvalue weighted by molar-refractivity contribution is -0.357. The van der Waals surface area contributed by atoms with E-state index >= 15 is 0 Å². The number of ether oxygens (including phenoxy) is 1. The van der Waals surface area contributed by atoms with Crippen LogP contribution < -0.4 is 11.3 Å². The van der Waals surface area contributed by atoms with Crippen molar-refractivity contribution in [3.8, 4) is 0 Å². The fourth-order valence-corrected chi connectivity index (χ4v) is 2.51. The fourth-order valence-electron chi connectivity index (χ4n) is 2.51. The highest BCUT2D eigenvalue weighted by Crippen LogP contribution is 2.34. The van der Waals surface area contributed by atoms with Gasteiger partial charge < -0.3 is 10.5 Å². The highest BCUT2D eigenvalue weighted by Gasteiger charge is 2.49. The topological polar surface area (TPSA) is 187 Å². The van der Waals surface area contributed by atoms with Crippen LogP contribution in [-0.2, 0) is 19.4 Å². The molecule has 2 aromatic rings. The van der Waals surface area contributed by atoms with Crippen LogP contribution in [0.1, 0.15) is 6.23 Å². The summed E-state index contributed by atoms with van der Waals surface area (Å²) in [5, 5.41) is 26.6. The molecule has 1 fully saturated rings. The number of rotatable bonds is 5. The van der Waals surface area contributed by atoms with E-state index in [0.29, 0.717) is 0 Å². The van der Waals surface area contributed by atoms with Crippen LogP contribution in [0.3, 0.4) is 0 Å². The van der Waals surface area contributed by atoms with Crippen LogP contribution >= 0.6 is 0 Å². The predicted molar refractivity (Wildman–Crippen MR) is 70.1 cm³/mol. The first kappa shape index (κ1) is 15.8. The molecule has 126 valence electrons. The van der Waals surface area contributed by atoms with E-state index in [9.17, 15) is 4.79 Å². The Hall–Kier alpha value is -2.13. The van der Waals surface area contributed by atoms with Crippen molar-refractivity contribution in [1.82, 2.24) is 19.5 Å². The summed E-state index contributed by atoms with van der Waals surface area (Å²) in [4.78, 5) is 34.4. The summed E-state index contributed by atoms with van der Waals surface area (Å²) in [7, 11) is 0. The van der Waals surface area contributed by atoms with Gasteiger partial charge in [0.05, 0.1) is 6.33 Å². The number of nitrogens with two attached hydrogens (primary N) is 1. The van der Waals surface area contributed by atoms with Crippen molar-refractivity contribution in [3.63, 3.8) is 0 Å². The number of nitrogens with zero attached hydrogens (tertiary/aromatic N) is 3. The molecule has 0 amide bonds. The molecule has 0 saturated carbocycles. The Balaban J connectivity index is 2.05. The van der Waals surface area contributed by atoms with Gasteiger partial charge in [0.25, 0.3) is 5.56 Å². The molecule has 1 aliphatic rings. The Morgan fingerprint density at radius 3 is 2.74 bits per heavy atom. The maximum atomic E-state index is 11.8. The highest BCUT2D eigenvalue weighted by molar-refractivity contribution is 5.70. The van der Waals surface area contributed by atoms with Crippen LogP contribution in [0, 0.1) is 0 Å². The largest absolute Gasteiger partial charge is 0.369 e. The van der Waals surface area contributed by atoms with Gasteiger partial charge in [-0.25, -0.2) is 19.6 Å². The lowest BCUT2D eigenvalue weighted by Crippen LogP contribution is -2.37. The summed E-state index contributed by atoms with van der Waals surface area (Å²) in [5.41, 5.74) is 5.00. The Morgan fingerprint density at radius 2 is 2.09 bits per heavy atom. The number of hydrogen-bond donors (Lipinski definition) is 5. The Kier molecular flexibility index (Phi) is 4.22. The predicted octanol–water partition coefficient (Wildman–Crippen LogP) is -1.19. The van der Waals surface area contributed by atoms with Crippen LogP contribution in [0.25, 0.3) is 11.2 Å².